The average molecular weight is 207 g/mol. The van der Waals surface area contributed by atoms with Crippen molar-refractivity contribution in [1.82, 2.24) is 15.0 Å². The summed E-state index contributed by atoms with van der Waals surface area (Å²) in [4.78, 5) is 11.3. The largest absolute Gasteiger partial charge is 0.384 e. The number of nitrogens with zero attached hydrogens (tertiary/aromatic N) is 2. The van der Waals surface area contributed by atoms with E-state index in [0.29, 0.717) is 11.5 Å². The molecule has 1 unspecified atom stereocenters. The number of nitrogens with two attached hydrogens (primary N) is 1. The quantitative estimate of drug-likeness (QED) is 0.567. The highest BCUT2D eigenvalue weighted by molar-refractivity contribution is 5.72. The summed E-state index contributed by atoms with van der Waals surface area (Å²) in [5, 5.41) is 12.4. The van der Waals surface area contributed by atoms with Gasteiger partial charge < -0.3 is 21.1 Å². The Balaban J connectivity index is 2.46. The molecule has 0 saturated carbocycles. The van der Waals surface area contributed by atoms with Gasteiger partial charge in [-0.05, 0) is 12.1 Å². The van der Waals surface area contributed by atoms with Gasteiger partial charge in [0.25, 0.3) is 0 Å². The van der Waals surface area contributed by atoms with E-state index >= 15 is 0 Å². The van der Waals surface area contributed by atoms with Crippen molar-refractivity contribution >= 4 is 17.0 Å². The molecule has 0 radical (unpaired) electrons. The number of hydrogen-bond donors (Lipinski definition) is 4. The van der Waals surface area contributed by atoms with Gasteiger partial charge in [0.05, 0.1) is 5.52 Å². The second-order valence-electron chi connectivity index (χ2n) is 3.19. The standard InChI is InChI=1S/C9H13N5O/c1-11-7-3-2-5-8(13-7)14-9(12-5)6(15)4-10/h2-3,6,15H,4,10H2,1H3,(H2,11,12,13,14). The van der Waals surface area contributed by atoms with Crippen LogP contribution in [0.1, 0.15) is 11.9 Å². The SMILES string of the molecule is CNc1ccc2[nH]c(C(O)CN)nc2n1. The number of aromatic amines is 1. The number of rotatable bonds is 3. The lowest BCUT2D eigenvalue weighted by atomic mass is 10.3. The molecule has 0 aliphatic carbocycles. The number of H-pyrrole nitrogens is 1. The second-order valence-corrected chi connectivity index (χ2v) is 3.19. The van der Waals surface area contributed by atoms with Gasteiger partial charge in [-0.25, -0.2) is 9.97 Å². The van der Waals surface area contributed by atoms with Crippen molar-refractivity contribution in [3.05, 3.63) is 18.0 Å². The third-order valence-electron chi connectivity index (χ3n) is 2.16. The van der Waals surface area contributed by atoms with Crippen molar-refractivity contribution in [1.29, 1.82) is 0 Å². The van der Waals surface area contributed by atoms with E-state index in [0.717, 1.165) is 11.3 Å². The molecule has 0 bridgehead atoms. The van der Waals surface area contributed by atoms with Gasteiger partial charge in [0, 0.05) is 13.6 Å². The predicted molar refractivity (Wildman–Crippen MR) is 57.4 cm³/mol. The molecule has 5 N–H and O–H groups in total. The number of pyridine rings is 1. The maximum Gasteiger partial charge on any atom is 0.179 e. The van der Waals surface area contributed by atoms with Gasteiger partial charge in [-0.15, -0.1) is 0 Å². The molecule has 2 rings (SSSR count). The first-order valence-electron chi connectivity index (χ1n) is 4.67. The van der Waals surface area contributed by atoms with Crippen LogP contribution >= 0.6 is 0 Å². The van der Waals surface area contributed by atoms with E-state index in [2.05, 4.69) is 20.3 Å². The number of aromatic nitrogens is 3. The Labute approximate surface area is 86.5 Å². The Bertz CT molecular complexity index is 466. The third kappa shape index (κ3) is 1.77. The van der Waals surface area contributed by atoms with Gasteiger partial charge in [0.15, 0.2) is 5.65 Å². The minimum atomic E-state index is -0.766. The van der Waals surface area contributed by atoms with Gasteiger partial charge in [-0.1, -0.05) is 0 Å². The molecular formula is C9H13N5O. The Hall–Kier alpha value is -1.66. The lowest BCUT2D eigenvalue weighted by Gasteiger charge is -2.00. The van der Waals surface area contributed by atoms with Crippen molar-refractivity contribution in [2.75, 3.05) is 18.9 Å². The fraction of sp³-hybridized carbons (Fsp3) is 0.333. The van der Waals surface area contributed by atoms with Crippen molar-refractivity contribution in [3.63, 3.8) is 0 Å². The summed E-state index contributed by atoms with van der Waals surface area (Å²) >= 11 is 0. The zero-order chi connectivity index (χ0) is 10.8. The zero-order valence-electron chi connectivity index (χ0n) is 8.36. The Morgan fingerprint density at radius 1 is 1.53 bits per heavy atom. The minimum Gasteiger partial charge on any atom is -0.384 e. The Morgan fingerprint density at radius 3 is 3.00 bits per heavy atom. The van der Waals surface area contributed by atoms with E-state index in [9.17, 15) is 5.11 Å². The second kappa shape index (κ2) is 3.84. The zero-order valence-corrected chi connectivity index (χ0v) is 8.36. The van der Waals surface area contributed by atoms with Crippen LogP contribution in [0.15, 0.2) is 12.1 Å². The number of nitrogens with one attached hydrogen (secondary N) is 2. The summed E-state index contributed by atoms with van der Waals surface area (Å²) in [6.07, 6.45) is -0.766. The molecule has 2 aromatic heterocycles. The fourth-order valence-corrected chi connectivity index (χ4v) is 1.32. The summed E-state index contributed by atoms with van der Waals surface area (Å²) in [5.74, 6) is 1.19. The summed E-state index contributed by atoms with van der Waals surface area (Å²) in [7, 11) is 1.79. The molecule has 6 nitrogen and oxygen atoms in total. The molecule has 2 heterocycles. The minimum absolute atomic E-state index is 0.138. The predicted octanol–water partition coefficient (Wildman–Crippen LogP) is -0.00830. The number of aliphatic hydroxyl groups is 1. The Kier molecular flexibility index (Phi) is 2.53. The highest BCUT2D eigenvalue weighted by atomic mass is 16.3. The van der Waals surface area contributed by atoms with Gasteiger partial charge >= 0.3 is 0 Å². The first-order valence-corrected chi connectivity index (χ1v) is 4.67. The molecule has 0 spiro atoms. The topological polar surface area (TPSA) is 99.8 Å². The summed E-state index contributed by atoms with van der Waals surface area (Å²) in [6, 6.07) is 3.69. The fourth-order valence-electron chi connectivity index (χ4n) is 1.32. The van der Waals surface area contributed by atoms with E-state index in [4.69, 9.17) is 5.73 Å². The molecule has 2 aromatic rings. The lowest BCUT2D eigenvalue weighted by Crippen LogP contribution is -2.12. The third-order valence-corrected chi connectivity index (χ3v) is 2.16. The van der Waals surface area contributed by atoms with Crippen molar-refractivity contribution in [3.8, 4) is 0 Å². The van der Waals surface area contributed by atoms with Gasteiger partial charge in [0.1, 0.15) is 17.7 Å². The Morgan fingerprint density at radius 2 is 2.33 bits per heavy atom. The maximum absolute atomic E-state index is 9.49. The first-order chi connectivity index (χ1) is 7.24. The molecule has 6 heteroatoms. The lowest BCUT2D eigenvalue weighted by molar-refractivity contribution is 0.178. The number of fused-ring (bicyclic) bond motifs is 1. The molecular weight excluding hydrogens is 194 g/mol. The van der Waals surface area contributed by atoms with Crippen LogP contribution in [0, 0.1) is 0 Å². The molecule has 0 fully saturated rings. The first kappa shape index (κ1) is 9.88. The number of aliphatic hydroxyl groups excluding tert-OH is 1. The van der Waals surface area contributed by atoms with Crippen molar-refractivity contribution < 1.29 is 5.11 Å². The summed E-state index contributed by atoms with van der Waals surface area (Å²) in [5.41, 5.74) is 6.70. The smallest absolute Gasteiger partial charge is 0.179 e. The molecule has 0 amide bonds. The van der Waals surface area contributed by atoms with E-state index in [-0.39, 0.29) is 6.54 Å². The molecule has 0 aliphatic rings. The van der Waals surface area contributed by atoms with Gasteiger partial charge in [0.2, 0.25) is 0 Å². The molecule has 0 saturated heterocycles. The van der Waals surface area contributed by atoms with Crippen LogP contribution in [0.5, 0.6) is 0 Å². The average Bonchev–Trinajstić information content (AvgIpc) is 2.70. The monoisotopic (exact) mass is 207 g/mol. The van der Waals surface area contributed by atoms with Gasteiger partial charge in [-0.3, -0.25) is 0 Å². The van der Waals surface area contributed by atoms with Crippen LogP contribution in [-0.2, 0) is 0 Å². The summed E-state index contributed by atoms with van der Waals surface area (Å²) < 4.78 is 0. The van der Waals surface area contributed by atoms with Crippen LogP contribution in [-0.4, -0.2) is 33.7 Å². The van der Waals surface area contributed by atoms with Crippen LogP contribution < -0.4 is 11.1 Å². The summed E-state index contributed by atoms with van der Waals surface area (Å²) in [6.45, 7) is 0.138. The molecule has 0 aromatic carbocycles. The van der Waals surface area contributed by atoms with Crippen molar-refractivity contribution in [2.24, 2.45) is 5.73 Å². The van der Waals surface area contributed by atoms with E-state index < -0.39 is 6.10 Å². The van der Waals surface area contributed by atoms with Gasteiger partial charge in [-0.2, -0.15) is 0 Å². The van der Waals surface area contributed by atoms with E-state index in [1.807, 2.05) is 12.1 Å². The normalized spacial score (nSPS) is 13.0. The van der Waals surface area contributed by atoms with Crippen LogP contribution in [0.3, 0.4) is 0 Å². The number of imidazole rings is 1. The number of hydrogen-bond acceptors (Lipinski definition) is 5. The molecule has 1 atom stereocenters. The van der Waals surface area contributed by atoms with Crippen LogP contribution in [0.25, 0.3) is 11.2 Å². The molecule has 80 valence electrons. The van der Waals surface area contributed by atoms with Crippen LogP contribution in [0.4, 0.5) is 5.82 Å². The molecule has 0 aliphatic heterocycles. The number of anilines is 1. The molecule has 15 heavy (non-hydrogen) atoms. The van der Waals surface area contributed by atoms with E-state index in [1.165, 1.54) is 0 Å². The van der Waals surface area contributed by atoms with Crippen LogP contribution in [0.2, 0.25) is 0 Å². The van der Waals surface area contributed by atoms with E-state index in [1.54, 1.807) is 7.05 Å². The highest BCUT2D eigenvalue weighted by Crippen LogP contribution is 2.15. The van der Waals surface area contributed by atoms with Crippen molar-refractivity contribution in [2.45, 2.75) is 6.10 Å². The highest BCUT2D eigenvalue weighted by Gasteiger charge is 2.11. The maximum atomic E-state index is 9.49.